The van der Waals surface area contributed by atoms with Gasteiger partial charge in [0.15, 0.2) is 6.10 Å². The first kappa shape index (κ1) is 64.6. The number of carbonyl (C=O) groups is 2. The maximum atomic E-state index is 12.8. The molecule has 0 rings (SSSR count). The van der Waals surface area contributed by atoms with Crippen molar-refractivity contribution in [2.24, 2.45) is 0 Å². The van der Waals surface area contributed by atoms with Crippen LogP contribution in [0.15, 0.2) is 109 Å². The van der Waals surface area contributed by atoms with E-state index in [2.05, 4.69) is 130 Å². The van der Waals surface area contributed by atoms with Gasteiger partial charge < -0.3 is 14.2 Å². The topological polar surface area (TPSA) is 61.8 Å². The van der Waals surface area contributed by atoms with Crippen LogP contribution < -0.4 is 0 Å². The second-order valence-corrected chi connectivity index (χ2v) is 18.4. The van der Waals surface area contributed by atoms with Crippen LogP contribution >= 0.6 is 0 Å². The van der Waals surface area contributed by atoms with Gasteiger partial charge in [-0.2, -0.15) is 0 Å². The van der Waals surface area contributed by atoms with E-state index < -0.39 is 6.10 Å². The maximum Gasteiger partial charge on any atom is 0.306 e. The van der Waals surface area contributed by atoms with E-state index in [1.165, 1.54) is 109 Å². The summed E-state index contributed by atoms with van der Waals surface area (Å²) in [5.74, 6) is -0.459. The van der Waals surface area contributed by atoms with Crippen LogP contribution in [0, 0.1) is 0 Å². The summed E-state index contributed by atoms with van der Waals surface area (Å²) < 4.78 is 17.4. The first-order valence-electron chi connectivity index (χ1n) is 28.4. The zero-order valence-electron chi connectivity index (χ0n) is 44.6. The molecule has 0 fully saturated rings. The molecule has 5 nitrogen and oxygen atoms in total. The van der Waals surface area contributed by atoms with Crippen molar-refractivity contribution in [1.82, 2.24) is 0 Å². The fourth-order valence-electron chi connectivity index (χ4n) is 7.60. The monoisotopic (exact) mass is 943 g/mol. The van der Waals surface area contributed by atoms with E-state index in [0.717, 1.165) is 109 Å². The van der Waals surface area contributed by atoms with Gasteiger partial charge in [-0.3, -0.25) is 9.59 Å². The molecule has 0 saturated carbocycles. The Bertz CT molecular complexity index is 1340. The molecule has 0 radical (unpaired) electrons. The van der Waals surface area contributed by atoms with Crippen molar-refractivity contribution < 1.29 is 23.8 Å². The molecular weight excluding hydrogens is 837 g/mol. The fourth-order valence-corrected chi connectivity index (χ4v) is 7.60. The fraction of sp³-hybridized carbons (Fsp3) is 0.683. The Morgan fingerprint density at radius 1 is 0.338 bits per heavy atom. The van der Waals surface area contributed by atoms with Crippen LogP contribution in [0.2, 0.25) is 0 Å². The molecule has 68 heavy (non-hydrogen) atoms. The molecule has 0 amide bonds. The first-order chi connectivity index (χ1) is 33.6. The zero-order chi connectivity index (χ0) is 49.2. The predicted molar refractivity (Wildman–Crippen MR) is 297 cm³/mol. The molecule has 388 valence electrons. The lowest BCUT2D eigenvalue weighted by Gasteiger charge is -2.18. The minimum atomic E-state index is -0.576. The van der Waals surface area contributed by atoms with Gasteiger partial charge in [0.05, 0.1) is 6.61 Å². The average Bonchev–Trinajstić information content (AvgIpc) is 3.34. The third-order valence-corrected chi connectivity index (χ3v) is 11.8. The summed E-state index contributed by atoms with van der Waals surface area (Å²) in [6.07, 6.45) is 79.7. The van der Waals surface area contributed by atoms with Gasteiger partial charge in [-0.05, 0) is 122 Å². The molecule has 0 saturated heterocycles. The highest BCUT2D eigenvalue weighted by atomic mass is 16.6. The molecule has 1 unspecified atom stereocenters. The van der Waals surface area contributed by atoms with Crippen molar-refractivity contribution in [2.45, 2.75) is 258 Å². The maximum absolute atomic E-state index is 12.8. The summed E-state index contributed by atoms with van der Waals surface area (Å²) in [7, 11) is 0. The summed E-state index contributed by atoms with van der Waals surface area (Å²) in [6, 6.07) is 0. The Labute approximate surface area is 421 Å². The van der Waals surface area contributed by atoms with E-state index in [4.69, 9.17) is 14.2 Å². The normalized spacial score (nSPS) is 13.0. The van der Waals surface area contributed by atoms with Crippen LogP contribution in [0.4, 0.5) is 0 Å². The molecule has 0 heterocycles. The zero-order valence-corrected chi connectivity index (χ0v) is 44.6. The lowest BCUT2D eigenvalue weighted by Crippen LogP contribution is -2.30. The smallest absolute Gasteiger partial charge is 0.306 e. The number of rotatable bonds is 51. The average molecular weight is 944 g/mol. The Hall–Kier alpha value is -3.44. The summed E-state index contributed by atoms with van der Waals surface area (Å²) >= 11 is 0. The first-order valence-corrected chi connectivity index (χ1v) is 28.4. The molecule has 0 aliphatic carbocycles. The summed E-state index contributed by atoms with van der Waals surface area (Å²) in [5.41, 5.74) is 0. The van der Waals surface area contributed by atoms with E-state index in [1.54, 1.807) is 0 Å². The van der Waals surface area contributed by atoms with Crippen molar-refractivity contribution in [3.05, 3.63) is 109 Å². The van der Waals surface area contributed by atoms with Crippen LogP contribution in [0.25, 0.3) is 0 Å². The second kappa shape index (κ2) is 57.9. The van der Waals surface area contributed by atoms with Gasteiger partial charge in [-0.1, -0.05) is 226 Å². The van der Waals surface area contributed by atoms with Crippen molar-refractivity contribution in [3.63, 3.8) is 0 Å². The Morgan fingerprint density at radius 3 is 1.10 bits per heavy atom. The van der Waals surface area contributed by atoms with Crippen molar-refractivity contribution in [2.75, 3.05) is 19.8 Å². The molecule has 0 bridgehead atoms. The van der Waals surface area contributed by atoms with Gasteiger partial charge >= 0.3 is 11.9 Å². The second-order valence-electron chi connectivity index (χ2n) is 18.4. The van der Waals surface area contributed by atoms with Gasteiger partial charge in [0.1, 0.15) is 6.61 Å². The Kier molecular flexibility index (Phi) is 54.9. The van der Waals surface area contributed by atoms with E-state index >= 15 is 0 Å². The van der Waals surface area contributed by atoms with Crippen LogP contribution in [0.3, 0.4) is 0 Å². The van der Waals surface area contributed by atoms with Crippen LogP contribution in [-0.4, -0.2) is 37.9 Å². The largest absolute Gasteiger partial charge is 0.462 e. The van der Waals surface area contributed by atoms with Crippen LogP contribution in [-0.2, 0) is 23.8 Å². The molecule has 1 atom stereocenters. The Balaban J connectivity index is 4.37. The quantitative estimate of drug-likeness (QED) is 0.0345. The SMILES string of the molecule is CC/C=C\C/C=C\C/C=C\C/C=C\CCCCCCCOCC(COC(=O)CCCCCCCCCCC/C=C\CCCCCCCC)OC(=O)CCCC/C=C\C/C=C\C/C=C\C/C=C\CC. The van der Waals surface area contributed by atoms with E-state index in [1.807, 2.05) is 0 Å². The number of esters is 2. The molecule has 0 aromatic carbocycles. The highest BCUT2D eigenvalue weighted by Crippen LogP contribution is 2.14. The minimum absolute atomic E-state index is 0.0543. The molecule has 0 aliphatic heterocycles. The van der Waals surface area contributed by atoms with Gasteiger partial charge in [0.25, 0.3) is 0 Å². The van der Waals surface area contributed by atoms with Crippen molar-refractivity contribution in [1.29, 1.82) is 0 Å². The highest BCUT2D eigenvalue weighted by Gasteiger charge is 2.17. The number of carbonyl (C=O) groups excluding carboxylic acids is 2. The van der Waals surface area contributed by atoms with Gasteiger partial charge in [0.2, 0.25) is 0 Å². The molecule has 0 spiro atoms. The van der Waals surface area contributed by atoms with Gasteiger partial charge in [-0.15, -0.1) is 0 Å². The van der Waals surface area contributed by atoms with Crippen LogP contribution in [0.1, 0.15) is 252 Å². The van der Waals surface area contributed by atoms with Crippen molar-refractivity contribution >= 4 is 11.9 Å². The standard InChI is InChI=1S/C63H106O5/c1-4-7-10-13-16-19-22-25-28-30-32-33-36-38-41-44-47-50-53-56-62(64)67-60-61(68-63(65)57-54-51-48-45-42-39-35-27-24-21-18-15-12-9-6-3)59-66-58-55-52-49-46-43-40-37-34-31-29-26-23-20-17-14-11-8-5-2/h8-9,11-12,17-18,20-21,25-29,34-35,37,42,45,61H,4-7,10,13-16,19,22-24,30-33,36,38-41,43-44,46-60H2,1-3H3/b11-8-,12-9-,20-17-,21-18-,28-25-,29-26-,35-27-,37-34-,45-42-. The predicted octanol–water partition coefficient (Wildman–Crippen LogP) is 19.6. The van der Waals surface area contributed by atoms with Crippen LogP contribution in [0.5, 0.6) is 0 Å². The lowest BCUT2D eigenvalue weighted by atomic mass is 10.1. The lowest BCUT2D eigenvalue weighted by molar-refractivity contribution is -0.163. The van der Waals surface area contributed by atoms with Gasteiger partial charge in [0, 0.05) is 19.4 Å². The number of hydrogen-bond acceptors (Lipinski definition) is 5. The van der Waals surface area contributed by atoms with Crippen molar-refractivity contribution in [3.8, 4) is 0 Å². The summed E-state index contributed by atoms with van der Waals surface area (Å²) in [4.78, 5) is 25.5. The summed E-state index contributed by atoms with van der Waals surface area (Å²) in [5, 5.41) is 0. The van der Waals surface area contributed by atoms with Gasteiger partial charge in [-0.25, -0.2) is 0 Å². The Morgan fingerprint density at radius 2 is 0.662 bits per heavy atom. The number of hydrogen-bond donors (Lipinski definition) is 0. The minimum Gasteiger partial charge on any atom is -0.462 e. The van der Waals surface area contributed by atoms with E-state index in [0.29, 0.717) is 19.4 Å². The number of ether oxygens (including phenoxy) is 3. The molecule has 0 N–H and O–H groups in total. The highest BCUT2D eigenvalue weighted by molar-refractivity contribution is 5.70. The summed E-state index contributed by atoms with van der Waals surface area (Å²) in [6.45, 7) is 7.52. The molecule has 0 aliphatic rings. The third-order valence-electron chi connectivity index (χ3n) is 11.8. The third kappa shape index (κ3) is 55.2. The number of unbranched alkanes of at least 4 members (excludes halogenated alkanes) is 22. The number of allylic oxidation sites excluding steroid dienone is 18. The van der Waals surface area contributed by atoms with E-state index in [-0.39, 0.29) is 25.2 Å². The molecular formula is C63H106O5. The molecule has 0 aromatic heterocycles. The molecule has 0 aromatic rings. The van der Waals surface area contributed by atoms with E-state index in [9.17, 15) is 9.59 Å². The molecule has 5 heteroatoms.